The number of halogens is 3. The highest BCUT2D eigenvalue weighted by atomic mass is 19.4. The quantitative estimate of drug-likeness (QED) is 0.409. The molecule has 0 bridgehead atoms. The Hall–Kier alpha value is -3.39. The third-order valence-corrected chi connectivity index (χ3v) is 7.32. The first kappa shape index (κ1) is 26.2. The predicted molar refractivity (Wildman–Crippen MR) is 128 cm³/mol. The molecule has 1 atom stereocenters. The van der Waals surface area contributed by atoms with Crippen LogP contribution in [0.1, 0.15) is 30.1 Å². The molecular weight excluding hydrogens is 509 g/mol. The first-order chi connectivity index (χ1) is 18.0. The smallest absolute Gasteiger partial charge is 0.436 e. The van der Waals surface area contributed by atoms with Crippen molar-refractivity contribution in [2.24, 2.45) is 0 Å². The van der Waals surface area contributed by atoms with Crippen LogP contribution in [-0.4, -0.2) is 98.9 Å². The Morgan fingerprint density at radius 1 is 1.16 bits per heavy atom. The Morgan fingerprint density at radius 2 is 1.82 bits per heavy atom. The molecule has 11 nitrogen and oxygen atoms in total. The molecular formula is C24H29F3N6O5. The van der Waals surface area contributed by atoms with E-state index in [2.05, 4.69) is 19.5 Å². The average molecular weight is 539 g/mol. The first-order valence-electron chi connectivity index (χ1n) is 12.5. The van der Waals surface area contributed by atoms with E-state index in [0.29, 0.717) is 37.8 Å². The number of likely N-dealkylation sites (tertiary alicyclic amines) is 1. The van der Waals surface area contributed by atoms with Gasteiger partial charge in [0, 0.05) is 62.4 Å². The highest BCUT2D eigenvalue weighted by Gasteiger charge is 2.42. The highest BCUT2D eigenvalue weighted by molar-refractivity contribution is 5.94. The second kappa shape index (κ2) is 10.1. The molecule has 1 aromatic carbocycles. The van der Waals surface area contributed by atoms with Crippen molar-refractivity contribution >= 4 is 11.7 Å². The van der Waals surface area contributed by atoms with Crippen LogP contribution in [0.15, 0.2) is 30.5 Å². The number of ether oxygens (including phenoxy) is 2. The molecule has 2 fully saturated rings. The number of hydrogen-bond acceptors (Lipinski definition) is 8. The Labute approximate surface area is 216 Å². The van der Waals surface area contributed by atoms with E-state index in [1.807, 2.05) is 6.92 Å². The van der Waals surface area contributed by atoms with Gasteiger partial charge in [0.05, 0.1) is 6.54 Å². The Kier molecular flexibility index (Phi) is 6.94. The summed E-state index contributed by atoms with van der Waals surface area (Å²) in [5, 5.41) is 10.9. The second-order valence-electron chi connectivity index (χ2n) is 10.2. The topological polar surface area (TPSA) is 106 Å². The molecule has 0 radical (unpaired) electrons. The van der Waals surface area contributed by atoms with E-state index < -0.39 is 16.9 Å². The molecule has 3 aliphatic rings. The van der Waals surface area contributed by atoms with Crippen molar-refractivity contribution in [1.29, 1.82) is 0 Å². The van der Waals surface area contributed by atoms with Crippen LogP contribution in [0.2, 0.25) is 0 Å². The van der Waals surface area contributed by atoms with Crippen LogP contribution < -0.4 is 9.47 Å². The number of aromatic nitrogens is 2. The molecule has 0 spiro atoms. The number of carbonyl (C=O) groups excluding carboxylic acids is 1. The van der Waals surface area contributed by atoms with E-state index in [9.17, 15) is 28.1 Å². The summed E-state index contributed by atoms with van der Waals surface area (Å²) in [4.78, 5) is 33.7. The third-order valence-electron chi connectivity index (χ3n) is 7.32. The molecule has 14 heteroatoms. The minimum atomic E-state index is -4.77. The molecule has 0 aliphatic carbocycles. The lowest BCUT2D eigenvalue weighted by atomic mass is 10.0. The summed E-state index contributed by atoms with van der Waals surface area (Å²) in [6, 6.07) is 5.68. The van der Waals surface area contributed by atoms with Gasteiger partial charge in [-0.1, -0.05) is 0 Å². The average Bonchev–Trinajstić information content (AvgIpc) is 3.39. The van der Waals surface area contributed by atoms with E-state index in [-0.39, 0.29) is 23.5 Å². The van der Waals surface area contributed by atoms with E-state index in [1.54, 1.807) is 9.47 Å². The van der Waals surface area contributed by atoms with Crippen molar-refractivity contribution in [3.63, 3.8) is 0 Å². The molecule has 0 saturated carbocycles. The van der Waals surface area contributed by atoms with Crippen molar-refractivity contribution < 1.29 is 32.4 Å². The van der Waals surface area contributed by atoms with Crippen molar-refractivity contribution in [1.82, 2.24) is 24.3 Å². The normalized spacial score (nSPS) is 23.2. The number of imidazole rings is 1. The highest BCUT2D eigenvalue weighted by Crippen LogP contribution is 2.32. The Balaban J connectivity index is 1.06. The van der Waals surface area contributed by atoms with Crippen LogP contribution in [0.5, 0.6) is 11.8 Å². The molecule has 38 heavy (non-hydrogen) atoms. The molecule has 2 aromatic rings. The molecule has 4 heterocycles. The minimum absolute atomic E-state index is 0.193. The van der Waals surface area contributed by atoms with Crippen LogP contribution in [0.25, 0.3) is 0 Å². The summed E-state index contributed by atoms with van der Waals surface area (Å²) in [6.45, 7) is 7.90. The number of benzene rings is 1. The van der Waals surface area contributed by atoms with E-state index in [1.165, 1.54) is 18.3 Å². The maximum Gasteiger partial charge on any atom is 0.573 e. The Morgan fingerprint density at radius 3 is 2.39 bits per heavy atom. The number of alkyl halides is 3. The molecule has 1 aromatic heterocycles. The fourth-order valence-corrected chi connectivity index (χ4v) is 5.54. The SMILES string of the molecule is CC1(CN2CCN(C3CCN(C(=O)c4ccc(OC(F)(F)F)cc4)CC3)CC2)Cn2cc([N+](=O)[O-])nc2O1. The Bertz CT molecular complexity index is 1150. The van der Waals surface area contributed by atoms with Crippen molar-refractivity contribution in [2.45, 2.75) is 44.3 Å². The van der Waals surface area contributed by atoms with Gasteiger partial charge in [0.15, 0.2) is 0 Å². The van der Waals surface area contributed by atoms with Crippen molar-refractivity contribution in [3.8, 4) is 11.8 Å². The van der Waals surface area contributed by atoms with E-state index in [4.69, 9.17) is 4.74 Å². The van der Waals surface area contributed by atoms with Gasteiger partial charge < -0.3 is 24.5 Å². The molecule has 1 unspecified atom stereocenters. The summed E-state index contributed by atoms with van der Waals surface area (Å²) >= 11 is 0. The molecule has 2 saturated heterocycles. The minimum Gasteiger partial charge on any atom is -0.436 e. The number of rotatable bonds is 6. The summed E-state index contributed by atoms with van der Waals surface area (Å²) in [5.41, 5.74) is -0.159. The number of hydrogen-bond donors (Lipinski definition) is 0. The predicted octanol–water partition coefficient (Wildman–Crippen LogP) is 2.76. The van der Waals surface area contributed by atoms with Crippen LogP contribution >= 0.6 is 0 Å². The van der Waals surface area contributed by atoms with Crippen molar-refractivity contribution in [2.75, 3.05) is 45.8 Å². The van der Waals surface area contributed by atoms with Crippen LogP contribution in [0, 0.1) is 10.1 Å². The molecule has 206 valence electrons. The molecule has 3 aliphatic heterocycles. The second-order valence-corrected chi connectivity index (χ2v) is 10.2. The monoisotopic (exact) mass is 538 g/mol. The van der Waals surface area contributed by atoms with Gasteiger partial charge in [-0.3, -0.25) is 19.2 Å². The van der Waals surface area contributed by atoms with E-state index >= 15 is 0 Å². The number of nitro groups is 1. The fourth-order valence-electron chi connectivity index (χ4n) is 5.54. The van der Waals surface area contributed by atoms with Gasteiger partial charge in [0.25, 0.3) is 5.91 Å². The number of fused-ring (bicyclic) bond motifs is 1. The van der Waals surface area contributed by atoms with Gasteiger partial charge in [-0.2, -0.15) is 0 Å². The molecule has 0 N–H and O–H groups in total. The zero-order valence-corrected chi connectivity index (χ0v) is 20.9. The third kappa shape index (κ3) is 5.85. The fraction of sp³-hybridized carbons (Fsp3) is 0.583. The van der Waals surface area contributed by atoms with Gasteiger partial charge in [-0.05, 0) is 49.0 Å². The van der Waals surface area contributed by atoms with Gasteiger partial charge in [-0.15, -0.1) is 13.2 Å². The number of amides is 1. The summed E-state index contributed by atoms with van der Waals surface area (Å²) in [7, 11) is 0. The van der Waals surface area contributed by atoms with Crippen LogP contribution in [-0.2, 0) is 6.54 Å². The van der Waals surface area contributed by atoms with Crippen LogP contribution in [0.4, 0.5) is 19.0 Å². The first-order valence-corrected chi connectivity index (χ1v) is 12.5. The number of nitrogens with zero attached hydrogens (tertiary/aromatic N) is 6. The van der Waals surface area contributed by atoms with E-state index in [0.717, 1.165) is 51.2 Å². The lowest BCUT2D eigenvalue weighted by Crippen LogP contribution is -2.56. The molecule has 1 amide bonds. The maximum absolute atomic E-state index is 12.8. The van der Waals surface area contributed by atoms with Gasteiger partial charge >= 0.3 is 18.2 Å². The summed E-state index contributed by atoms with van der Waals surface area (Å²) in [5.74, 6) is -0.755. The van der Waals surface area contributed by atoms with Gasteiger partial charge in [-0.25, -0.2) is 0 Å². The van der Waals surface area contributed by atoms with Gasteiger partial charge in [0.2, 0.25) is 0 Å². The zero-order valence-electron chi connectivity index (χ0n) is 20.9. The lowest BCUT2D eigenvalue weighted by Gasteiger charge is -2.43. The lowest BCUT2D eigenvalue weighted by molar-refractivity contribution is -0.389. The van der Waals surface area contributed by atoms with Gasteiger partial charge in [0.1, 0.15) is 17.5 Å². The standard InChI is InChI=1S/C24H29F3N6O5/c1-23(16-32-14-20(33(35)36)28-22(32)38-23)15-29-10-12-30(13-11-29)18-6-8-31(9-7-18)21(34)17-2-4-19(5-3-17)37-24(25,26)27/h2-5,14,18H,6-13,15-16H2,1H3. The number of carbonyl (C=O) groups is 1. The number of piperazine rings is 1. The zero-order chi connectivity index (χ0) is 27.1. The van der Waals surface area contributed by atoms with Crippen molar-refractivity contribution in [3.05, 3.63) is 46.1 Å². The molecule has 5 rings (SSSR count). The number of piperidine rings is 1. The summed E-state index contributed by atoms with van der Waals surface area (Å²) < 4.78 is 48.6. The van der Waals surface area contributed by atoms with Crippen LogP contribution in [0.3, 0.4) is 0 Å². The maximum atomic E-state index is 12.8. The largest absolute Gasteiger partial charge is 0.573 e. The summed E-state index contributed by atoms with van der Waals surface area (Å²) in [6.07, 6.45) is -1.69.